The van der Waals surface area contributed by atoms with Gasteiger partial charge in [0.25, 0.3) is 0 Å². The molecule has 0 amide bonds. The average Bonchev–Trinajstić information content (AvgIpc) is 2.13. The quantitative estimate of drug-likeness (QED) is 0.314. The zero-order valence-corrected chi connectivity index (χ0v) is 12.5. The second kappa shape index (κ2) is 8.23. The molecule has 7 heteroatoms. The monoisotopic (exact) mass is 281 g/mol. The first-order valence-electron chi connectivity index (χ1n) is 5.37. The number of carbonyl (C=O) groups excluding carboxylic acids is 1. The van der Waals surface area contributed by atoms with Crippen LogP contribution >= 0.6 is 0 Å². The van der Waals surface area contributed by atoms with Crippen LogP contribution in [0.25, 0.3) is 0 Å². The van der Waals surface area contributed by atoms with Crippen LogP contribution in [-0.2, 0) is 19.6 Å². The first-order valence-corrected chi connectivity index (χ1v) is 6.94. The predicted molar refractivity (Wildman–Crippen MR) is 68.9 cm³/mol. The van der Waals surface area contributed by atoms with Crippen molar-refractivity contribution in [1.82, 2.24) is 0 Å². The van der Waals surface area contributed by atoms with Crippen molar-refractivity contribution in [3.8, 4) is 0 Å². The molecule has 0 atom stereocenters. The van der Waals surface area contributed by atoms with Gasteiger partial charge in [-0.05, 0) is 6.92 Å². The second-order valence-electron chi connectivity index (χ2n) is 4.90. The van der Waals surface area contributed by atoms with Gasteiger partial charge in [-0.25, -0.2) is 13.2 Å². The van der Waals surface area contributed by atoms with Gasteiger partial charge in [0.05, 0.1) is 44.9 Å². The lowest BCUT2D eigenvalue weighted by atomic mass is 10.4. The van der Waals surface area contributed by atoms with Gasteiger partial charge in [0.1, 0.15) is 0 Å². The summed E-state index contributed by atoms with van der Waals surface area (Å²) in [5, 5.41) is 0. The summed E-state index contributed by atoms with van der Waals surface area (Å²) < 4.78 is 35.4. The number of nitrogens with zero attached hydrogens (tertiary/aromatic N) is 1. The third-order valence-electron chi connectivity index (χ3n) is 1.76. The van der Waals surface area contributed by atoms with Gasteiger partial charge in [-0.15, -0.1) is 0 Å². The highest BCUT2D eigenvalue weighted by Gasteiger charge is 2.06. The number of quaternary nitrogens is 1. The third kappa shape index (κ3) is 17.5. The minimum atomic E-state index is -4.01. The third-order valence-corrected chi connectivity index (χ3v) is 2.55. The van der Waals surface area contributed by atoms with Crippen LogP contribution in [0.3, 0.4) is 0 Å². The van der Waals surface area contributed by atoms with Gasteiger partial charge in [-0.1, -0.05) is 6.58 Å². The maximum Gasteiger partial charge on any atom is 0.332 e. The molecule has 0 unspecified atom stereocenters. The van der Waals surface area contributed by atoms with Crippen LogP contribution < -0.4 is 0 Å². The molecule has 0 aliphatic heterocycles. The number of hydrogen-bond donors (Lipinski definition) is 0. The highest BCUT2D eigenvalue weighted by atomic mass is 32.2. The number of hydrogen-bond acceptors (Lipinski definition) is 5. The molecular formula is C11H23NO5S. The predicted octanol–water partition coefficient (Wildman–Crippen LogP) is 0.363. The minimum Gasteiger partial charge on any atom is -0.748 e. The van der Waals surface area contributed by atoms with Crippen LogP contribution in [0.1, 0.15) is 13.3 Å². The fourth-order valence-electron chi connectivity index (χ4n) is 0.890. The molecule has 6 nitrogen and oxygen atoms in total. The number of esters is 1. The van der Waals surface area contributed by atoms with E-state index in [0.29, 0.717) is 23.0 Å². The fraction of sp³-hybridized carbons (Fsp3) is 0.727. The Morgan fingerprint density at radius 1 is 1.33 bits per heavy atom. The maximum atomic E-state index is 10.2. The van der Waals surface area contributed by atoms with Gasteiger partial charge in [-0.2, -0.15) is 0 Å². The molecular weight excluding hydrogens is 258 g/mol. The Morgan fingerprint density at radius 2 is 1.78 bits per heavy atom. The largest absolute Gasteiger partial charge is 0.748 e. The van der Waals surface area contributed by atoms with Gasteiger partial charge < -0.3 is 13.8 Å². The Labute approximate surface area is 110 Å². The average molecular weight is 281 g/mol. The molecule has 0 aromatic rings. The van der Waals surface area contributed by atoms with Crippen molar-refractivity contribution >= 4 is 16.1 Å². The van der Waals surface area contributed by atoms with E-state index >= 15 is 0 Å². The summed E-state index contributed by atoms with van der Waals surface area (Å²) in [4.78, 5) is 10.2. The van der Waals surface area contributed by atoms with Gasteiger partial charge in [-0.3, -0.25) is 0 Å². The summed E-state index contributed by atoms with van der Waals surface area (Å²) >= 11 is 0. The summed E-state index contributed by atoms with van der Waals surface area (Å²) in [5.41, 5.74) is 0.433. The smallest absolute Gasteiger partial charge is 0.332 e. The van der Waals surface area contributed by atoms with E-state index in [4.69, 9.17) is 0 Å². The van der Waals surface area contributed by atoms with Crippen molar-refractivity contribution in [3.05, 3.63) is 12.2 Å². The van der Waals surface area contributed by atoms with E-state index in [-0.39, 0.29) is 11.7 Å². The van der Waals surface area contributed by atoms with Gasteiger partial charge >= 0.3 is 5.97 Å². The zero-order chi connectivity index (χ0) is 15.0. The van der Waals surface area contributed by atoms with Crippen molar-refractivity contribution in [3.63, 3.8) is 0 Å². The molecule has 0 radical (unpaired) electrons. The van der Waals surface area contributed by atoms with E-state index in [0.717, 1.165) is 0 Å². The summed E-state index contributed by atoms with van der Waals surface area (Å²) in [6.07, 6.45) is 0.440. The van der Waals surface area contributed by atoms with E-state index in [1.54, 1.807) is 6.92 Å². The molecule has 0 aliphatic rings. The molecule has 0 heterocycles. The molecule has 0 aliphatic carbocycles. The van der Waals surface area contributed by atoms with Crippen molar-refractivity contribution < 1.29 is 27.0 Å². The Bertz CT molecular complexity index is 367. The maximum absolute atomic E-state index is 10.2. The fourth-order valence-corrected chi connectivity index (χ4v) is 1.37. The molecule has 0 spiro atoms. The molecule has 0 saturated carbocycles. The Hall–Kier alpha value is -0.920. The summed E-state index contributed by atoms with van der Waals surface area (Å²) in [6.45, 7) is 5.66. The Balaban J connectivity index is 0. The van der Waals surface area contributed by atoms with Crippen LogP contribution in [0.15, 0.2) is 12.2 Å². The molecule has 0 N–H and O–H groups in total. The molecule has 0 rings (SSSR count). The standard InChI is InChI=1S/C6H15NO3S.C5H8O2/c1-7(2,3)5-4-6-11(8,9)10;1-4(2)5(6)7-3/h4-6H2,1-3H3;1H2,2-3H3. The second-order valence-corrected chi connectivity index (χ2v) is 6.42. The van der Waals surface area contributed by atoms with Crippen molar-refractivity contribution in [1.29, 1.82) is 0 Å². The van der Waals surface area contributed by atoms with E-state index < -0.39 is 10.1 Å². The Kier molecular flexibility index (Phi) is 8.88. The van der Waals surface area contributed by atoms with Gasteiger partial charge in [0.2, 0.25) is 0 Å². The summed E-state index contributed by atoms with van der Waals surface area (Å²) in [6, 6.07) is 0. The van der Waals surface area contributed by atoms with Crippen molar-refractivity contribution in [2.75, 3.05) is 40.6 Å². The number of carbonyl (C=O) groups is 1. The first kappa shape index (κ1) is 19.4. The lowest BCUT2D eigenvalue weighted by Crippen LogP contribution is -2.36. The van der Waals surface area contributed by atoms with Crippen molar-refractivity contribution in [2.45, 2.75) is 13.3 Å². The molecule has 108 valence electrons. The Morgan fingerprint density at radius 3 is 1.94 bits per heavy atom. The molecule has 0 saturated heterocycles. The van der Waals surface area contributed by atoms with Crippen molar-refractivity contribution in [2.24, 2.45) is 0 Å². The molecule has 0 fully saturated rings. The highest BCUT2D eigenvalue weighted by Crippen LogP contribution is 1.95. The van der Waals surface area contributed by atoms with Crippen LogP contribution in [-0.4, -0.2) is 64.0 Å². The number of methoxy groups -OCH3 is 1. The van der Waals surface area contributed by atoms with Gasteiger partial charge in [0.15, 0.2) is 0 Å². The van der Waals surface area contributed by atoms with E-state index in [9.17, 15) is 17.8 Å². The van der Waals surface area contributed by atoms with E-state index in [2.05, 4.69) is 11.3 Å². The highest BCUT2D eigenvalue weighted by molar-refractivity contribution is 7.85. The van der Waals surface area contributed by atoms with E-state index in [1.165, 1.54) is 7.11 Å². The van der Waals surface area contributed by atoms with Crippen LogP contribution in [0, 0.1) is 0 Å². The van der Waals surface area contributed by atoms with Crippen LogP contribution in [0.4, 0.5) is 0 Å². The number of rotatable bonds is 5. The minimum absolute atomic E-state index is 0.248. The van der Waals surface area contributed by atoms with Crippen LogP contribution in [0.2, 0.25) is 0 Å². The summed E-state index contributed by atoms with van der Waals surface area (Å²) in [7, 11) is 3.19. The normalized spacial score (nSPS) is 11.2. The van der Waals surface area contributed by atoms with E-state index in [1.807, 2.05) is 21.1 Å². The molecule has 0 bridgehead atoms. The lowest BCUT2D eigenvalue weighted by molar-refractivity contribution is -0.870. The van der Waals surface area contributed by atoms with Crippen LogP contribution in [0.5, 0.6) is 0 Å². The molecule has 18 heavy (non-hydrogen) atoms. The topological polar surface area (TPSA) is 83.5 Å². The zero-order valence-electron chi connectivity index (χ0n) is 11.7. The lowest BCUT2D eigenvalue weighted by Gasteiger charge is -2.23. The molecule has 0 aromatic carbocycles. The molecule has 0 aromatic heterocycles. The number of ether oxygens (including phenoxy) is 1. The first-order chi connectivity index (χ1) is 7.89. The SMILES string of the molecule is C=C(C)C(=O)OC.C[N+](C)(C)CCCS(=O)(=O)[O-]. The van der Waals surface area contributed by atoms with Gasteiger partial charge in [0, 0.05) is 17.7 Å². The summed E-state index contributed by atoms with van der Waals surface area (Å²) in [5.74, 6) is -0.595.